The number of pyridine rings is 1. The molecule has 4 rings (SSSR count). The Kier molecular flexibility index (Phi) is 5.68. The van der Waals surface area contributed by atoms with Gasteiger partial charge in [-0.05, 0) is 19.5 Å². The lowest BCUT2D eigenvalue weighted by Gasteiger charge is -2.33. The summed E-state index contributed by atoms with van der Waals surface area (Å²) >= 11 is 6.48. The summed E-state index contributed by atoms with van der Waals surface area (Å²) in [6.45, 7) is 6.39. The van der Waals surface area contributed by atoms with Crippen molar-refractivity contribution < 1.29 is 0 Å². The molecular weight excluding hydrogens is 392 g/mol. The minimum atomic E-state index is -0.195. The average molecular weight is 417 g/mol. The molecule has 10 heteroatoms. The fourth-order valence-corrected chi connectivity index (χ4v) is 3.59. The van der Waals surface area contributed by atoms with Gasteiger partial charge in [-0.3, -0.25) is 4.79 Å². The summed E-state index contributed by atoms with van der Waals surface area (Å²) in [6.07, 6.45) is 3.52. The van der Waals surface area contributed by atoms with E-state index in [1.54, 1.807) is 12.3 Å². The fraction of sp³-hybridized carbons (Fsp3) is 0.474. The van der Waals surface area contributed by atoms with E-state index < -0.39 is 0 Å². The largest absolute Gasteiger partial charge is 0.354 e. The molecule has 2 N–H and O–H groups in total. The van der Waals surface area contributed by atoms with Gasteiger partial charge < -0.3 is 20.1 Å². The van der Waals surface area contributed by atoms with E-state index in [1.165, 1.54) is 4.52 Å². The average Bonchev–Trinajstić information content (AvgIpc) is 3.11. The van der Waals surface area contributed by atoms with Gasteiger partial charge in [-0.2, -0.15) is 9.50 Å². The maximum atomic E-state index is 12.2. The predicted molar refractivity (Wildman–Crippen MR) is 114 cm³/mol. The number of anilines is 2. The molecule has 4 heterocycles. The molecule has 0 radical (unpaired) electrons. The smallest absolute Gasteiger partial charge is 0.275 e. The Morgan fingerprint density at radius 2 is 2.03 bits per heavy atom. The molecule has 9 nitrogen and oxygen atoms in total. The number of likely N-dealkylation sites (N-methyl/N-ethyl adjacent to an activating group) is 1. The highest BCUT2D eigenvalue weighted by atomic mass is 35.5. The van der Waals surface area contributed by atoms with Crippen LogP contribution in [0, 0.1) is 0 Å². The number of H-pyrrole nitrogens is 1. The third-order valence-electron chi connectivity index (χ3n) is 5.08. The third-order valence-corrected chi connectivity index (χ3v) is 5.44. The van der Waals surface area contributed by atoms with Gasteiger partial charge in [-0.15, -0.1) is 5.10 Å². The Hall–Kier alpha value is -2.65. The van der Waals surface area contributed by atoms with Crippen LogP contribution in [0.5, 0.6) is 0 Å². The zero-order chi connectivity index (χ0) is 20.4. The number of nitrogens with zero attached hydrogens (tertiary/aromatic N) is 6. The minimum absolute atomic E-state index is 0.195. The molecule has 0 aromatic carbocycles. The molecule has 3 aromatic rings. The van der Waals surface area contributed by atoms with Gasteiger partial charge in [0.15, 0.2) is 0 Å². The lowest BCUT2D eigenvalue weighted by atomic mass is 10.2. The number of halogens is 1. The molecule has 0 atom stereocenters. The molecule has 0 aliphatic carbocycles. The second-order valence-electron chi connectivity index (χ2n) is 7.33. The normalized spacial score (nSPS) is 15.2. The second-order valence-corrected chi connectivity index (χ2v) is 7.74. The number of fused-ring (bicyclic) bond motifs is 1. The number of hydrogen-bond acceptors (Lipinski definition) is 7. The first-order valence-corrected chi connectivity index (χ1v) is 10.2. The number of aryl methyl sites for hydroxylation is 1. The van der Waals surface area contributed by atoms with Crippen LogP contribution in [0.4, 0.5) is 11.8 Å². The first-order valence-electron chi connectivity index (χ1n) is 9.84. The van der Waals surface area contributed by atoms with Crippen molar-refractivity contribution in [1.82, 2.24) is 29.5 Å². The molecule has 0 amide bonds. The Morgan fingerprint density at radius 1 is 1.24 bits per heavy atom. The van der Waals surface area contributed by atoms with E-state index in [4.69, 9.17) is 11.6 Å². The van der Waals surface area contributed by atoms with Crippen LogP contribution < -0.4 is 15.8 Å². The van der Waals surface area contributed by atoms with Crippen LogP contribution in [-0.2, 0) is 13.0 Å². The Morgan fingerprint density at radius 3 is 2.76 bits per heavy atom. The molecule has 0 spiro atoms. The van der Waals surface area contributed by atoms with Crippen LogP contribution in [-0.4, -0.2) is 62.7 Å². The number of aromatic amines is 1. The maximum absolute atomic E-state index is 12.2. The highest BCUT2D eigenvalue weighted by molar-refractivity contribution is 6.31. The van der Waals surface area contributed by atoms with E-state index in [-0.39, 0.29) is 5.56 Å². The van der Waals surface area contributed by atoms with Crippen molar-refractivity contribution in [2.45, 2.75) is 26.3 Å². The summed E-state index contributed by atoms with van der Waals surface area (Å²) in [5.74, 6) is 1.69. The summed E-state index contributed by atoms with van der Waals surface area (Å²) in [5, 5.41) is 8.00. The van der Waals surface area contributed by atoms with Crippen LogP contribution in [0.25, 0.3) is 5.78 Å². The molecule has 0 unspecified atom stereocenters. The van der Waals surface area contributed by atoms with Gasteiger partial charge in [0.05, 0.1) is 5.02 Å². The number of aromatic nitrogens is 5. The van der Waals surface area contributed by atoms with Crippen LogP contribution in [0.1, 0.15) is 24.6 Å². The molecule has 0 saturated carbocycles. The zero-order valence-corrected chi connectivity index (χ0v) is 17.4. The number of piperazine rings is 1. The van der Waals surface area contributed by atoms with Gasteiger partial charge >= 0.3 is 0 Å². The maximum Gasteiger partial charge on any atom is 0.275 e. The highest BCUT2D eigenvalue weighted by Crippen LogP contribution is 2.22. The first kappa shape index (κ1) is 19.7. The third kappa shape index (κ3) is 4.35. The fourth-order valence-electron chi connectivity index (χ4n) is 3.38. The van der Waals surface area contributed by atoms with E-state index in [0.29, 0.717) is 23.3 Å². The van der Waals surface area contributed by atoms with Crippen molar-refractivity contribution in [2.24, 2.45) is 0 Å². The number of hydrogen-bond donors (Lipinski definition) is 2. The van der Waals surface area contributed by atoms with E-state index in [9.17, 15) is 4.79 Å². The van der Waals surface area contributed by atoms with E-state index >= 15 is 0 Å². The van der Waals surface area contributed by atoms with Gasteiger partial charge in [-0.25, -0.2) is 4.98 Å². The van der Waals surface area contributed by atoms with E-state index in [1.807, 2.05) is 6.07 Å². The van der Waals surface area contributed by atoms with Gasteiger partial charge in [0.2, 0.25) is 11.7 Å². The van der Waals surface area contributed by atoms with Crippen LogP contribution >= 0.6 is 11.6 Å². The Labute approximate surface area is 173 Å². The minimum Gasteiger partial charge on any atom is -0.354 e. The van der Waals surface area contributed by atoms with Gasteiger partial charge in [0.25, 0.3) is 5.56 Å². The van der Waals surface area contributed by atoms with E-state index in [2.05, 4.69) is 49.1 Å². The summed E-state index contributed by atoms with van der Waals surface area (Å²) in [5.41, 5.74) is 1.51. The lowest BCUT2D eigenvalue weighted by molar-refractivity contribution is 0.312. The van der Waals surface area contributed by atoms with Gasteiger partial charge in [-0.1, -0.05) is 24.9 Å². The Balaban J connectivity index is 1.46. The SMILES string of the molecule is CCCc1cc(=O)n2nc(NCc3cnc(N4CCN(C)CC4)cc3Cl)nc2[nH]1. The topological polar surface area (TPSA) is 94.5 Å². The molecule has 1 fully saturated rings. The lowest BCUT2D eigenvalue weighted by Crippen LogP contribution is -2.44. The van der Waals surface area contributed by atoms with Gasteiger partial charge in [0, 0.05) is 56.2 Å². The van der Waals surface area contributed by atoms with Crippen molar-refractivity contribution in [3.63, 3.8) is 0 Å². The van der Waals surface area contributed by atoms with Crippen LogP contribution in [0.2, 0.25) is 5.02 Å². The molecule has 154 valence electrons. The highest BCUT2D eigenvalue weighted by Gasteiger charge is 2.16. The number of rotatable bonds is 6. The van der Waals surface area contributed by atoms with Crippen molar-refractivity contribution >= 4 is 29.1 Å². The van der Waals surface area contributed by atoms with Gasteiger partial charge in [0.1, 0.15) is 5.82 Å². The summed E-state index contributed by atoms with van der Waals surface area (Å²) in [7, 11) is 2.12. The van der Waals surface area contributed by atoms with Crippen molar-refractivity contribution in [1.29, 1.82) is 0 Å². The quantitative estimate of drug-likeness (QED) is 0.632. The van der Waals surface area contributed by atoms with Crippen molar-refractivity contribution in [2.75, 3.05) is 43.4 Å². The Bertz CT molecular complexity index is 1050. The second kappa shape index (κ2) is 8.38. The van der Waals surface area contributed by atoms with E-state index in [0.717, 1.165) is 56.1 Å². The van der Waals surface area contributed by atoms with Crippen LogP contribution in [0.15, 0.2) is 23.1 Å². The summed E-state index contributed by atoms with van der Waals surface area (Å²) < 4.78 is 1.26. The predicted octanol–water partition coefficient (Wildman–Crippen LogP) is 1.78. The van der Waals surface area contributed by atoms with Crippen molar-refractivity contribution in [3.05, 3.63) is 45.0 Å². The first-order chi connectivity index (χ1) is 14.0. The molecule has 29 heavy (non-hydrogen) atoms. The molecule has 1 aliphatic rings. The van der Waals surface area contributed by atoms with Crippen LogP contribution in [0.3, 0.4) is 0 Å². The monoisotopic (exact) mass is 416 g/mol. The summed E-state index contributed by atoms with van der Waals surface area (Å²) in [6, 6.07) is 3.47. The van der Waals surface area contributed by atoms with Crippen molar-refractivity contribution in [3.8, 4) is 0 Å². The molecule has 0 bridgehead atoms. The molecule has 1 saturated heterocycles. The number of nitrogens with one attached hydrogen (secondary N) is 2. The molecule has 3 aromatic heterocycles. The zero-order valence-electron chi connectivity index (χ0n) is 16.7. The summed E-state index contributed by atoms with van der Waals surface area (Å²) in [4.78, 5) is 28.8. The standard InChI is InChI=1S/C19H25ClN8O/c1-3-4-14-9-17(29)28-19(23-14)24-18(25-28)22-12-13-11-21-16(10-15(13)20)27-7-5-26(2)6-8-27/h9-11H,3-8,12H2,1-2H3,(H2,22,23,24,25). The molecular formula is C19H25ClN8O. The molecule has 1 aliphatic heterocycles.